The molecule has 28 heavy (non-hydrogen) atoms. The van der Waals surface area contributed by atoms with Crippen molar-refractivity contribution in [1.29, 1.82) is 0 Å². The topological polar surface area (TPSA) is 141 Å². The number of benzene rings is 1. The number of nitro benzene ring substituents is 1. The molecule has 1 unspecified atom stereocenters. The highest BCUT2D eigenvalue weighted by Gasteiger charge is 2.26. The number of nitrogens with zero attached hydrogens (tertiary/aromatic N) is 1. The van der Waals surface area contributed by atoms with Crippen molar-refractivity contribution in [3.8, 4) is 0 Å². The molecule has 10 heteroatoms. The van der Waals surface area contributed by atoms with Gasteiger partial charge in [0.2, 0.25) is 0 Å². The fourth-order valence-corrected chi connectivity index (χ4v) is 2.55. The van der Waals surface area contributed by atoms with Gasteiger partial charge in [0, 0.05) is 23.5 Å². The maximum atomic E-state index is 12.4. The molecule has 0 spiro atoms. The molecule has 0 aliphatic rings. The van der Waals surface area contributed by atoms with Crippen molar-refractivity contribution in [3.63, 3.8) is 0 Å². The first-order valence-electron chi connectivity index (χ1n) is 8.19. The molecule has 0 bridgehead atoms. The van der Waals surface area contributed by atoms with Gasteiger partial charge in [-0.05, 0) is 38.5 Å². The van der Waals surface area contributed by atoms with Crippen LogP contribution in [0.25, 0.3) is 0 Å². The molecule has 1 aromatic heterocycles. The predicted octanol–water partition coefficient (Wildman–Crippen LogP) is 2.51. The van der Waals surface area contributed by atoms with Gasteiger partial charge in [0.25, 0.3) is 11.6 Å². The Morgan fingerprint density at radius 2 is 1.75 bits per heavy atom. The molecule has 0 aliphatic heterocycles. The Morgan fingerprint density at radius 3 is 2.29 bits per heavy atom. The summed E-state index contributed by atoms with van der Waals surface area (Å²) >= 11 is 0. The van der Waals surface area contributed by atoms with Crippen molar-refractivity contribution in [1.82, 2.24) is 4.98 Å². The number of hydrogen-bond acceptors (Lipinski definition) is 7. The minimum atomic E-state index is -1.15. The summed E-state index contributed by atoms with van der Waals surface area (Å²) in [6, 6.07) is 5.22. The minimum absolute atomic E-state index is 0.0490. The summed E-state index contributed by atoms with van der Waals surface area (Å²) in [5, 5.41) is 13.1. The van der Waals surface area contributed by atoms with Gasteiger partial charge >= 0.3 is 11.9 Å². The van der Waals surface area contributed by atoms with E-state index < -0.39 is 28.9 Å². The third-order valence-corrected chi connectivity index (χ3v) is 4.03. The molecule has 0 saturated heterocycles. The van der Waals surface area contributed by atoms with Gasteiger partial charge < -0.3 is 19.8 Å². The maximum absolute atomic E-state index is 12.4. The van der Waals surface area contributed by atoms with Gasteiger partial charge in [-0.25, -0.2) is 9.59 Å². The van der Waals surface area contributed by atoms with Crippen molar-refractivity contribution in [3.05, 3.63) is 56.9 Å². The molecule has 0 saturated carbocycles. The molecule has 2 N–H and O–H groups in total. The van der Waals surface area contributed by atoms with Crippen LogP contribution in [-0.2, 0) is 14.3 Å². The van der Waals surface area contributed by atoms with Gasteiger partial charge in [-0.1, -0.05) is 0 Å². The maximum Gasteiger partial charge on any atom is 0.355 e. The van der Waals surface area contributed by atoms with Gasteiger partial charge in [0.15, 0.2) is 6.10 Å². The van der Waals surface area contributed by atoms with E-state index in [2.05, 4.69) is 15.0 Å². The molecule has 148 valence electrons. The number of methoxy groups -OCH3 is 1. The van der Waals surface area contributed by atoms with Crippen LogP contribution >= 0.6 is 0 Å². The summed E-state index contributed by atoms with van der Waals surface area (Å²) in [7, 11) is 1.23. The molecular weight excluding hydrogens is 370 g/mol. The van der Waals surface area contributed by atoms with E-state index in [0.29, 0.717) is 16.9 Å². The third kappa shape index (κ3) is 4.34. The van der Waals surface area contributed by atoms with Gasteiger partial charge in [-0.15, -0.1) is 0 Å². The number of aromatic nitrogens is 1. The average molecular weight is 389 g/mol. The zero-order chi connectivity index (χ0) is 21.0. The van der Waals surface area contributed by atoms with Crippen LogP contribution in [0.2, 0.25) is 0 Å². The van der Waals surface area contributed by atoms with E-state index in [0.717, 1.165) is 0 Å². The summed E-state index contributed by atoms with van der Waals surface area (Å²) in [6.07, 6.45) is -1.15. The van der Waals surface area contributed by atoms with Crippen molar-refractivity contribution < 1.29 is 28.8 Å². The van der Waals surface area contributed by atoms with Gasteiger partial charge in [-0.2, -0.15) is 0 Å². The molecule has 2 rings (SSSR count). The Labute approximate surface area is 160 Å². The second-order valence-corrected chi connectivity index (χ2v) is 5.96. The SMILES string of the molecule is COC(=O)c1c(C)[nH]c(C(=O)OC(C)C(=O)Nc2ccc([N+](=O)[O-])cc2)c1C. The number of aromatic amines is 1. The van der Waals surface area contributed by atoms with E-state index >= 15 is 0 Å². The fraction of sp³-hybridized carbons (Fsp3) is 0.278. The number of carbonyl (C=O) groups is 3. The van der Waals surface area contributed by atoms with Crippen molar-refractivity contribution >= 4 is 29.2 Å². The molecule has 0 radical (unpaired) electrons. The van der Waals surface area contributed by atoms with Crippen molar-refractivity contribution in [2.24, 2.45) is 0 Å². The van der Waals surface area contributed by atoms with Crippen LogP contribution in [0.15, 0.2) is 24.3 Å². The summed E-state index contributed by atoms with van der Waals surface area (Å²) in [5.74, 6) is -2.01. The first-order chi connectivity index (χ1) is 13.1. The van der Waals surface area contributed by atoms with Crippen LogP contribution in [0.5, 0.6) is 0 Å². The van der Waals surface area contributed by atoms with E-state index in [1.807, 2.05) is 0 Å². The number of anilines is 1. The number of nitro groups is 1. The highest BCUT2D eigenvalue weighted by atomic mass is 16.6. The molecule has 2 aromatic rings. The normalized spacial score (nSPS) is 11.4. The van der Waals surface area contributed by atoms with Crippen LogP contribution in [0.1, 0.15) is 39.0 Å². The molecule has 1 heterocycles. The Morgan fingerprint density at radius 1 is 1.14 bits per heavy atom. The molecule has 0 fully saturated rings. The van der Waals surface area contributed by atoms with E-state index in [9.17, 15) is 24.5 Å². The fourth-order valence-electron chi connectivity index (χ4n) is 2.55. The second kappa shape index (κ2) is 8.33. The quantitative estimate of drug-likeness (QED) is 0.439. The van der Waals surface area contributed by atoms with Crippen LogP contribution in [0.3, 0.4) is 0 Å². The largest absolute Gasteiger partial charge is 0.465 e. The lowest BCUT2D eigenvalue weighted by Gasteiger charge is -2.13. The number of ether oxygens (including phenoxy) is 2. The smallest absolute Gasteiger partial charge is 0.355 e. The Bertz CT molecular complexity index is 931. The standard InChI is InChI=1S/C18H19N3O7/c1-9-14(17(23)27-4)10(2)19-15(9)18(24)28-11(3)16(22)20-12-5-7-13(8-6-12)21(25)26/h5-8,11,19H,1-4H3,(H,20,22). The molecule has 1 aromatic carbocycles. The lowest BCUT2D eigenvalue weighted by atomic mass is 10.1. The number of rotatable bonds is 6. The molecular formula is C18H19N3O7. The number of esters is 2. The Balaban J connectivity index is 2.06. The average Bonchev–Trinajstić information content (AvgIpc) is 2.95. The number of amides is 1. The van der Waals surface area contributed by atoms with Crippen molar-refractivity contribution in [2.45, 2.75) is 26.9 Å². The summed E-state index contributed by atoms with van der Waals surface area (Å²) in [5.41, 5.74) is 1.29. The summed E-state index contributed by atoms with van der Waals surface area (Å²) in [6.45, 7) is 4.56. The minimum Gasteiger partial charge on any atom is -0.465 e. The Kier molecular flexibility index (Phi) is 6.14. The second-order valence-electron chi connectivity index (χ2n) is 5.96. The number of aryl methyl sites for hydroxylation is 1. The highest BCUT2D eigenvalue weighted by molar-refractivity contribution is 6.00. The predicted molar refractivity (Wildman–Crippen MR) is 98.2 cm³/mol. The molecule has 1 amide bonds. The van der Waals surface area contributed by atoms with Gasteiger partial charge in [0.05, 0.1) is 17.6 Å². The zero-order valence-electron chi connectivity index (χ0n) is 15.7. The highest BCUT2D eigenvalue weighted by Crippen LogP contribution is 2.20. The van der Waals surface area contributed by atoms with Gasteiger partial charge in [0.1, 0.15) is 5.69 Å². The van der Waals surface area contributed by atoms with Crippen LogP contribution in [0.4, 0.5) is 11.4 Å². The first-order valence-corrected chi connectivity index (χ1v) is 8.19. The lowest BCUT2D eigenvalue weighted by molar-refractivity contribution is -0.384. The van der Waals surface area contributed by atoms with E-state index in [1.165, 1.54) is 38.3 Å². The van der Waals surface area contributed by atoms with Crippen LogP contribution in [0, 0.1) is 24.0 Å². The molecule has 1 atom stereocenters. The van der Waals surface area contributed by atoms with E-state index in [4.69, 9.17) is 4.74 Å². The number of hydrogen-bond donors (Lipinski definition) is 2. The lowest BCUT2D eigenvalue weighted by Crippen LogP contribution is -2.30. The third-order valence-electron chi connectivity index (χ3n) is 4.03. The number of nitrogens with one attached hydrogen (secondary N) is 2. The van der Waals surface area contributed by atoms with E-state index in [1.54, 1.807) is 13.8 Å². The number of H-pyrrole nitrogens is 1. The number of carbonyl (C=O) groups excluding carboxylic acids is 3. The van der Waals surface area contributed by atoms with Crippen LogP contribution in [-0.4, -0.2) is 41.0 Å². The molecule has 10 nitrogen and oxygen atoms in total. The zero-order valence-corrected chi connectivity index (χ0v) is 15.7. The molecule has 0 aliphatic carbocycles. The first kappa shape index (κ1) is 20.6. The monoisotopic (exact) mass is 389 g/mol. The van der Waals surface area contributed by atoms with Crippen molar-refractivity contribution in [2.75, 3.05) is 12.4 Å². The summed E-state index contributed by atoms with van der Waals surface area (Å²) < 4.78 is 9.83. The Hall–Kier alpha value is -3.69. The number of non-ortho nitro benzene ring substituents is 1. The van der Waals surface area contributed by atoms with E-state index in [-0.39, 0.29) is 16.9 Å². The summed E-state index contributed by atoms with van der Waals surface area (Å²) in [4.78, 5) is 49.2. The van der Waals surface area contributed by atoms with Gasteiger partial charge in [-0.3, -0.25) is 14.9 Å². The van der Waals surface area contributed by atoms with Crippen LogP contribution < -0.4 is 5.32 Å².